The molecule has 0 fully saturated rings. The van der Waals surface area contributed by atoms with Gasteiger partial charge in [-0.05, 0) is 43.3 Å². The molecule has 2 aromatic carbocycles. The Morgan fingerprint density at radius 3 is 2.27 bits per heavy atom. The summed E-state index contributed by atoms with van der Waals surface area (Å²) in [6.07, 6.45) is 2.52. The fourth-order valence-corrected chi connectivity index (χ4v) is 2.35. The highest BCUT2D eigenvalue weighted by molar-refractivity contribution is 5.41. The predicted molar refractivity (Wildman–Crippen MR) is 94.6 cm³/mol. The van der Waals surface area contributed by atoms with Gasteiger partial charge in [0, 0.05) is 18.8 Å². The molecular formula is C19H27N3. The molecule has 0 radical (unpaired) electrons. The summed E-state index contributed by atoms with van der Waals surface area (Å²) in [7, 11) is 2.19. The summed E-state index contributed by atoms with van der Waals surface area (Å²) in [5.41, 5.74) is 10.2. The lowest BCUT2D eigenvalue weighted by Crippen LogP contribution is -2.21. The summed E-state index contributed by atoms with van der Waals surface area (Å²) >= 11 is 0. The minimum absolute atomic E-state index is 0.806. The molecule has 0 aliphatic rings. The van der Waals surface area contributed by atoms with Crippen LogP contribution in [0.4, 0.5) is 5.69 Å². The molecule has 0 atom stereocenters. The third-order valence-electron chi connectivity index (χ3n) is 3.67. The van der Waals surface area contributed by atoms with Crippen molar-refractivity contribution < 1.29 is 0 Å². The maximum Gasteiger partial charge on any atom is 0.0487 e. The molecule has 3 heteroatoms. The minimum Gasteiger partial charge on any atom is -0.321 e. The lowest BCUT2D eigenvalue weighted by atomic mass is 10.1. The molecule has 0 aliphatic carbocycles. The van der Waals surface area contributed by atoms with Gasteiger partial charge in [-0.25, -0.2) is 5.43 Å². The van der Waals surface area contributed by atoms with Gasteiger partial charge in [0.2, 0.25) is 0 Å². The van der Waals surface area contributed by atoms with Crippen molar-refractivity contribution in [1.82, 2.24) is 10.3 Å². The summed E-state index contributed by atoms with van der Waals surface area (Å²) < 4.78 is 0. The molecule has 0 aromatic heterocycles. The van der Waals surface area contributed by atoms with Crippen LogP contribution in [0.15, 0.2) is 54.6 Å². The number of hydrogen-bond acceptors (Lipinski definition) is 3. The number of nitrogens with one attached hydrogen (secondary N) is 2. The van der Waals surface area contributed by atoms with Gasteiger partial charge in [-0.1, -0.05) is 55.8 Å². The normalized spacial score (nSPS) is 10.9. The van der Waals surface area contributed by atoms with E-state index >= 15 is 0 Å². The van der Waals surface area contributed by atoms with Gasteiger partial charge in [0.15, 0.2) is 0 Å². The average Bonchev–Trinajstić information content (AvgIpc) is 2.55. The van der Waals surface area contributed by atoms with Crippen LogP contribution in [0.5, 0.6) is 0 Å². The van der Waals surface area contributed by atoms with Crippen LogP contribution in [0.25, 0.3) is 0 Å². The fraction of sp³-hybridized carbons (Fsp3) is 0.368. The first-order valence-corrected chi connectivity index (χ1v) is 8.08. The number of rotatable bonds is 9. The van der Waals surface area contributed by atoms with Gasteiger partial charge in [0.1, 0.15) is 0 Å². The van der Waals surface area contributed by atoms with Crippen LogP contribution in [-0.4, -0.2) is 18.5 Å². The van der Waals surface area contributed by atoms with Crippen molar-refractivity contribution in [2.24, 2.45) is 0 Å². The second kappa shape index (κ2) is 9.23. The fourth-order valence-electron chi connectivity index (χ4n) is 2.35. The van der Waals surface area contributed by atoms with Gasteiger partial charge in [-0.3, -0.25) is 0 Å². The van der Waals surface area contributed by atoms with Gasteiger partial charge in [-0.2, -0.15) is 0 Å². The second-order valence-corrected chi connectivity index (χ2v) is 5.75. The van der Waals surface area contributed by atoms with Crippen LogP contribution in [0.3, 0.4) is 0 Å². The Balaban J connectivity index is 1.74. The maximum atomic E-state index is 3.25. The summed E-state index contributed by atoms with van der Waals surface area (Å²) in [5, 5.41) is 0. The standard InChI is InChI=1S/C19H27N3/c1-3-4-14-22(2)16-18-12-10-17(11-13-18)15-20-21-19-8-6-5-7-9-19/h5-13,20-21H,3-4,14-16H2,1-2H3. The third kappa shape index (κ3) is 5.88. The first kappa shape index (κ1) is 16.5. The van der Waals surface area contributed by atoms with E-state index in [-0.39, 0.29) is 0 Å². The van der Waals surface area contributed by atoms with E-state index in [1.807, 2.05) is 30.3 Å². The summed E-state index contributed by atoms with van der Waals surface area (Å²) in [5.74, 6) is 0. The van der Waals surface area contributed by atoms with Crippen LogP contribution in [0, 0.1) is 0 Å². The Morgan fingerprint density at radius 2 is 1.59 bits per heavy atom. The second-order valence-electron chi connectivity index (χ2n) is 5.75. The van der Waals surface area contributed by atoms with Crippen LogP contribution in [-0.2, 0) is 13.1 Å². The highest BCUT2D eigenvalue weighted by atomic mass is 15.3. The molecule has 0 saturated heterocycles. The third-order valence-corrected chi connectivity index (χ3v) is 3.67. The molecule has 0 saturated carbocycles. The predicted octanol–water partition coefficient (Wildman–Crippen LogP) is 4.04. The molecular weight excluding hydrogens is 270 g/mol. The Labute approximate surface area is 134 Å². The SMILES string of the molecule is CCCCN(C)Cc1ccc(CNNc2ccccc2)cc1. The van der Waals surface area contributed by atoms with E-state index in [1.54, 1.807) is 0 Å². The summed E-state index contributed by atoms with van der Waals surface area (Å²) in [4.78, 5) is 2.38. The molecule has 0 heterocycles. The van der Waals surface area contributed by atoms with Gasteiger partial charge in [-0.15, -0.1) is 0 Å². The molecule has 0 bridgehead atoms. The minimum atomic E-state index is 0.806. The van der Waals surface area contributed by atoms with E-state index in [2.05, 4.69) is 54.0 Å². The van der Waals surface area contributed by atoms with Gasteiger partial charge in [0.25, 0.3) is 0 Å². The number of hydrazine groups is 1. The monoisotopic (exact) mass is 297 g/mol. The Morgan fingerprint density at radius 1 is 0.909 bits per heavy atom. The number of anilines is 1. The van der Waals surface area contributed by atoms with Crippen molar-refractivity contribution in [3.63, 3.8) is 0 Å². The molecule has 118 valence electrons. The van der Waals surface area contributed by atoms with Crippen molar-refractivity contribution in [3.8, 4) is 0 Å². The van der Waals surface area contributed by atoms with Crippen molar-refractivity contribution in [1.29, 1.82) is 0 Å². The van der Waals surface area contributed by atoms with Crippen molar-refractivity contribution in [2.75, 3.05) is 19.0 Å². The van der Waals surface area contributed by atoms with Crippen LogP contribution in [0.2, 0.25) is 0 Å². The largest absolute Gasteiger partial charge is 0.321 e. The number of unbranched alkanes of at least 4 members (excludes halogenated alkanes) is 1. The molecule has 2 aromatic rings. The number of para-hydroxylation sites is 1. The molecule has 0 spiro atoms. The van der Waals surface area contributed by atoms with E-state index in [9.17, 15) is 0 Å². The first-order chi connectivity index (χ1) is 10.8. The van der Waals surface area contributed by atoms with E-state index in [1.165, 1.54) is 30.5 Å². The van der Waals surface area contributed by atoms with Crippen molar-refractivity contribution in [2.45, 2.75) is 32.9 Å². The van der Waals surface area contributed by atoms with E-state index < -0.39 is 0 Å². The quantitative estimate of drug-likeness (QED) is 0.684. The first-order valence-electron chi connectivity index (χ1n) is 8.08. The molecule has 0 aliphatic heterocycles. The van der Waals surface area contributed by atoms with E-state index in [0.717, 1.165) is 18.8 Å². The van der Waals surface area contributed by atoms with Crippen molar-refractivity contribution >= 4 is 5.69 Å². The summed E-state index contributed by atoms with van der Waals surface area (Å²) in [6, 6.07) is 19.0. The highest BCUT2D eigenvalue weighted by Crippen LogP contribution is 2.08. The lowest BCUT2D eigenvalue weighted by Gasteiger charge is -2.16. The number of benzene rings is 2. The maximum absolute atomic E-state index is 3.25. The molecule has 3 nitrogen and oxygen atoms in total. The molecule has 22 heavy (non-hydrogen) atoms. The molecule has 2 N–H and O–H groups in total. The zero-order valence-electron chi connectivity index (χ0n) is 13.7. The van der Waals surface area contributed by atoms with Crippen LogP contribution < -0.4 is 10.9 Å². The topological polar surface area (TPSA) is 27.3 Å². The molecule has 0 amide bonds. The lowest BCUT2D eigenvalue weighted by molar-refractivity contribution is 0.321. The van der Waals surface area contributed by atoms with E-state index in [4.69, 9.17) is 0 Å². The van der Waals surface area contributed by atoms with Crippen molar-refractivity contribution in [3.05, 3.63) is 65.7 Å². The Kier molecular flexibility index (Phi) is 6.94. The summed E-state index contributed by atoms with van der Waals surface area (Å²) in [6.45, 7) is 5.23. The zero-order chi connectivity index (χ0) is 15.6. The zero-order valence-corrected chi connectivity index (χ0v) is 13.7. The number of hydrogen-bond donors (Lipinski definition) is 2. The molecule has 2 rings (SSSR count). The van der Waals surface area contributed by atoms with E-state index in [0.29, 0.717) is 0 Å². The molecule has 0 unspecified atom stereocenters. The van der Waals surface area contributed by atoms with Crippen LogP contribution >= 0.6 is 0 Å². The average molecular weight is 297 g/mol. The highest BCUT2D eigenvalue weighted by Gasteiger charge is 2.00. The van der Waals surface area contributed by atoms with Crippen LogP contribution in [0.1, 0.15) is 30.9 Å². The van der Waals surface area contributed by atoms with Gasteiger partial charge in [0.05, 0.1) is 0 Å². The number of nitrogens with zero attached hydrogens (tertiary/aromatic N) is 1. The van der Waals surface area contributed by atoms with Gasteiger partial charge < -0.3 is 10.3 Å². The Hall–Kier alpha value is -1.84. The Bertz CT molecular complexity index is 522. The smallest absolute Gasteiger partial charge is 0.0487 e. The van der Waals surface area contributed by atoms with Gasteiger partial charge >= 0.3 is 0 Å².